The predicted octanol–water partition coefficient (Wildman–Crippen LogP) is 4.55. The molecule has 178 valence electrons. The van der Waals surface area contributed by atoms with E-state index in [0.29, 0.717) is 30.0 Å². The van der Waals surface area contributed by atoms with E-state index >= 15 is 0 Å². The molecule has 0 saturated heterocycles. The maximum absolute atomic E-state index is 12.3. The average Bonchev–Trinajstić information content (AvgIpc) is 3.28. The van der Waals surface area contributed by atoms with Gasteiger partial charge >= 0.3 is 0 Å². The topological polar surface area (TPSA) is 110 Å². The first-order chi connectivity index (χ1) is 15.3. The normalized spacial score (nSPS) is 12.5. The molecule has 32 heavy (non-hydrogen) atoms. The molecule has 0 spiro atoms. The van der Waals surface area contributed by atoms with Gasteiger partial charge in [0.1, 0.15) is 18.5 Å². The highest BCUT2D eigenvalue weighted by molar-refractivity contribution is 5.91. The summed E-state index contributed by atoms with van der Waals surface area (Å²) < 4.78 is 11.2. The van der Waals surface area contributed by atoms with Crippen LogP contribution in [0.3, 0.4) is 0 Å². The lowest BCUT2D eigenvalue weighted by molar-refractivity contribution is -0.116. The van der Waals surface area contributed by atoms with Crippen LogP contribution in [0.5, 0.6) is 5.75 Å². The lowest BCUT2D eigenvalue weighted by Crippen LogP contribution is -2.42. The number of carbonyl (C=O) groups is 1. The SMILES string of the molecule is CCCCCCCCC(=O)Nc1ccc(OCC(O)CNC(C)(C)C)c(-c2nnco2)c1. The number of carbonyl (C=O) groups excluding carboxylic acids is 1. The molecule has 0 saturated carbocycles. The highest BCUT2D eigenvalue weighted by Crippen LogP contribution is 2.31. The van der Waals surface area contributed by atoms with Crippen LogP contribution in [-0.4, -0.2) is 46.0 Å². The van der Waals surface area contributed by atoms with Gasteiger partial charge in [-0.05, 0) is 45.4 Å². The fourth-order valence-electron chi connectivity index (χ4n) is 3.15. The van der Waals surface area contributed by atoms with Crippen molar-refractivity contribution in [2.24, 2.45) is 0 Å². The average molecular weight is 447 g/mol. The van der Waals surface area contributed by atoms with Crippen LogP contribution in [-0.2, 0) is 4.79 Å². The molecule has 0 aliphatic heterocycles. The lowest BCUT2D eigenvalue weighted by atomic mass is 10.1. The van der Waals surface area contributed by atoms with Gasteiger partial charge in [0, 0.05) is 24.2 Å². The van der Waals surface area contributed by atoms with E-state index in [4.69, 9.17) is 9.15 Å². The van der Waals surface area contributed by atoms with Gasteiger partial charge in [0.15, 0.2) is 0 Å². The van der Waals surface area contributed by atoms with Gasteiger partial charge in [0.05, 0.1) is 5.56 Å². The number of β-amino-alcohol motifs (C(OH)–C–C–N with tert-alkyl or cyclic N) is 1. The first-order valence-electron chi connectivity index (χ1n) is 11.5. The summed E-state index contributed by atoms with van der Waals surface area (Å²) in [6.07, 6.45) is 7.88. The van der Waals surface area contributed by atoms with E-state index in [0.717, 1.165) is 12.8 Å². The Hall–Kier alpha value is -2.45. The van der Waals surface area contributed by atoms with Crippen molar-refractivity contribution in [3.05, 3.63) is 24.6 Å². The number of benzene rings is 1. The maximum Gasteiger partial charge on any atom is 0.251 e. The van der Waals surface area contributed by atoms with E-state index in [-0.39, 0.29) is 23.9 Å². The van der Waals surface area contributed by atoms with Crippen molar-refractivity contribution in [2.45, 2.75) is 84.3 Å². The zero-order valence-electron chi connectivity index (χ0n) is 19.8. The summed E-state index contributed by atoms with van der Waals surface area (Å²) in [7, 11) is 0. The third-order valence-electron chi connectivity index (χ3n) is 4.91. The van der Waals surface area contributed by atoms with Gasteiger partial charge in [-0.25, -0.2) is 0 Å². The number of ether oxygens (including phenoxy) is 1. The quantitative estimate of drug-likeness (QED) is 0.365. The number of amides is 1. The van der Waals surface area contributed by atoms with Crippen LogP contribution >= 0.6 is 0 Å². The summed E-state index contributed by atoms with van der Waals surface area (Å²) in [6, 6.07) is 5.26. The van der Waals surface area contributed by atoms with E-state index in [2.05, 4.69) is 27.8 Å². The second-order valence-corrected chi connectivity index (χ2v) is 9.12. The smallest absolute Gasteiger partial charge is 0.251 e. The van der Waals surface area contributed by atoms with Crippen LogP contribution in [0.15, 0.2) is 29.0 Å². The third-order valence-corrected chi connectivity index (χ3v) is 4.91. The molecular weight excluding hydrogens is 408 g/mol. The second kappa shape index (κ2) is 13.2. The minimum absolute atomic E-state index is 0.0192. The van der Waals surface area contributed by atoms with Gasteiger partial charge in [0.25, 0.3) is 5.89 Å². The maximum atomic E-state index is 12.3. The zero-order chi connectivity index (χ0) is 23.4. The van der Waals surface area contributed by atoms with Gasteiger partial charge < -0.3 is 24.9 Å². The van der Waals surface area contributed by atoms with Gasteiger partial charge in [-0.1, -0.05) is 39.0 Å². The summed E-state index contributed by atoms with van der Waals surface area (Å²) in [6.45, 7) is 8.81. The van der Waals surface area contributed by atoms with Crippen molar-refractivity contribution in [1.82, 2.24) is 15.5 Å². The Labute approximate surface area is 191 Å². The molecule has 3 N–H and O–H groups in total. The zero-order valence-corrected chi connectivity index (χ0v) is 19.8. The molecule has 1 unspecified atom stereocenters. The fourth-order valence-corrected chi connectivity index (χ4v) is 3.15. The number of nitrogens with one attached hydrogen (secondary N) is 2. The summed E-state index contributed by atoms with van der Waals surface area (Å²) in [5.41, 5.74) is 1.11. The molecule has 8 nitrogen and oxygen atoms in total. The molecule has 1 heterocycles. The predicted molar refractivity (Wildman–Crippen MR) is 126 cm³/mol. The molecule has 1 atom stereocenters. The van der Waals surface area contributed by atoms with Crippen molar-refractivity contribution < 1.29 is 19.1 Å². The van der Waals surface area contributed by atoms with Crippen LogP contribution in [0.1, 0.15) is 72.6 Å². The van der Waals surface area contributed by atoms with E-state index in [1.165, 1.54) is 32.1 Å². The Kier molecular flexibility index (Phi) is 10.6. The highest BCUT2D eigenvalue weighted by Gasteiger charge is 2.17. The Morgan fingerprint density at radius 1 is 1.19 bits per heavy atom. The molecule has 2 aromatic rings. The summed E-state index contributed by atoms with van der Waals surface area (Å²) in [5.74, 6) is 0.765. The number of aromatic nitrogens is 2. The Bertz CT molecular complexity index is 803. The van der Waals surface area contributed by atoms with E-state index in [9.17, 15) is 9.90 Å². The Morgan fingerprint density at radius 2 is 1.94 bits per heavy atom. The van der Waals surface area contributed by atoms with Crippen molar-refractivity contribution in [3.63, 3.8) is 0 Å². The summed E-state index contributed by atoms with van der Waals surface area (Å²) in [5, 5.41) is 24.1. The first kappa shape index (κ1) is 25.8. The van der Waals surface area contributed by atoms with Crippen LogP contribution in [0.2, 0.25) is 0 Å². The molecule has 1 amide bonds. The van der Waals surface area contributed by atoms with Crippen LogP contribution < -0.4 is 15.4 Å². The third kappa shape index (κ3) is 9.78. The summed E-state index contributed by atoms with van der Waals surface area (Å²) in [4.78, 5) is 12.3. The first-order valence-corrected chi connectivity index (χ1v) is 11.5. The molecule has 8 heteroatoms. The number of hydrogen-bond acceptors (Lipinski definition) is 7. The van der Waals surface area contributed by atoms with E-state index in [1.54, 1.807) is 18.2 Å². The second-order valence-electron chi connectivity index (χ2n) is 9.12. The number of hydrogen-bond donors (Lipinski definition) is 3. The highest BCUT2D eigenvalue weighted by atomic mass is 16.5. The molecule has 0 aliphatic rings. The fraction of sp³-hybridized carbons (Fsp3) is 0.625. The standard InChI is InChI=1S/C24H38N4O4/c1-5-6-7-8-9-10-11-22(30)27-18-12-13-21(20(14-18)23-28-26-17-32-23)31-16-19(29)15-25-24(2,3)4/h12-14,17,19,25,29H,5-11,15-16H2,1-4H3,(H,27,30). The lowest BCUT2D eigenvalue weighted by Gasteiger charge is -2.23. The van der Waals surface area contributed by atoms with Crippen LogP contribution in [0, 0.1) is 0 Å². The number of aliphatic hydroxyl groups is 1. The van der Waals surface area contributed by atoms with E-state index < -0.39 is 6.10 Å². The number of unbranched alkanes of at least 4 members (excludes halogenated alkanes) is 5. The van der Waals surface area contributed by atoms with E-state index in [1.807, 2.05) is 20.8 Å². The number of anilines is 1. The largest absolute Gasteiger partial charge is 0.490 e. The van der Waals surface area contributed by atoms with Crippen molar-refractivity contribution in [2.75, 3.05) is 18.5 Å². The molecular formula is C24H38N4O4. The van der Waals surface area contributed by atoms with Gasteiger partial charge in [-0.3, -0.25) is 4.79 Å². The Morgan fingerprint density at radius 3 is 2.62 bits per heavy atom. The van der Waals surface area contributed by atoms with Crippen molar-refractivity contribution >= 4 is 11.6 Å². The molecule has 1 aromatic heterocycles. The number of aliphatic hydroxyl groups excluding tert-OH is 1. The molecule has 0 aliphatic carbocycles. The number of rotatable bonds is 14. The van der Waals surface area contributed by atoms with Crippen molar-refractivity contribution in [1.29, 1.82) is 0 Å². The minimum Gasteiger partial charge on any atom is -0.490 e. The number of nitrogens with zero attached hydrogens (tertiary/aromatic N) is 2. The van der Waals surface area contributed by atoms with Crippen molar-refractivity contribution in [3.8, 4) is 17.2 Å². The van der Waals surface area contributed by atoms with Gasteiger partial charge in [-0.15, -0.1) is 10.2 Å². The van der Waals surface area contributed by atoms with Gasteiger partial charge in [0.2, 0.25) is 12.3 Å². The minimum atomic E-state index is -0.679. The van der Waals surface area contributed by atoms with Crippen LogP contribution in [0.4, 0.5) is 5.69 Å². The monoisotopic (exact) mass is 446 g/mol. The van der Waals surface area contributed by atoms with Gasteiger partial charge in [-0.2, -0.15) is 0 Å². The Balaban J connectivity index is 1.94. The molecule has 0 fully saturated rings. The molecule has 2 rings (SSSR count). The molecule has 0 bridgehead atoms. The molecule has 1 aromatic carbocycles. The molecule has 0 radical (unpaired) electrons. The van der Waals surface area contributed by atoms with Crippen LogP contribution in [0.25, 0.3) is 11.5 Å². The summed E-state index contributed by atoms with van der Waals surface area (Å²) >= 11 is 0.